The van der Waals surface area contributed by atoms with E-state index in [0.717, 1.165) is 29.6 Å². The molecule has 0 amide bonds. The fourth-order valence-electron chi connectivity index (χ4n) is 8.84. The van der Waals surface area contributed by atoms with Crippen LogP contribution >= 0.6 is 0 Å². The van der Waals surface area contributed by atoms with Crippen LogP contribution in [-0.2, 0) is 4.74 Å². The second kappa shape index (κ2) is 4.13. The summed E-state index contributed by atoms with van der Waals surface area (Å²) >= 11 is 0. The predicted molar refractivity (Wildman–Crippen MR) is 89.5 cm³/mol. The van der Waals surface area contributed by atoms with Crippen molar-refractivity contribution in [1.29, 1.82) is 0 Å². The topological polar surface area (TPSA) is 9.23 Å². The van der Waals surface area contributed by atoms with E-state index in [1.54, 1.807) is 0 Å². The summed E-state index contributed by atoms with van der Waals surface area (Å²) in [6, 6.07) is 0. The summed E-state index contributed by atoms with van der Waals surface area (Å²) in [7, 11) is 2.01. The Balaban J connectivity index is 1.55. The van der Waals surface area contributed by atoms with Crippen LogP contribution in [0.1, 0.15) is 72.1 Å². The molecule has 1 spiro atoms. The van der Waals surface area contributed by atoms with Crippen LogP contribution < -0.4 is 0 Å². The zero-order valence-electron chi connectivity index (χ0n) is 15.0. The molecule has 5 rings (SSSR count). The molecule has 0 radical (unpaired) electrons. The molecule has 5 aliphatic rings. The fourth-order valence-corrected chi connectivity index (χ4v) is 8.84. The number of hydrogen-bond donors (Lipinski definition) is 0. The Morgan fingerprint density at radius 3 is 2.50 bits per heavy atom. The van der Waals surface area contributed by atoms with Crippen molar-refractivity contribution in [2.75, 3.05) is 7.11 Å². The first kappa shape index (κ1) is 14.3. The molecule has 5 fully saturated rings. The highest BCUT2D eigenvalue weighted by Crippen LogP contribution is 2.82. The Hall–Kier alpha value is -0.0400. The number of fused-ring (bicyclic) bond motifs is 4. The standard InChI is InChI=1S/C21H34O/c1-13-5-6-16-15-11-18(22-4)21-12-14(21)7-10-20(21,3)17(15)8-9-19(13,16)2/h13-18H,5-12H2,1-4H3/t13?,14-,15+,16+,17+,18-,19-,20-,21+/m1/s1. The third kappa shape index (κ3) is 1.35. The second-order valence-corrected chi connectivity index (χ2v) is 10.3. The van der Waals surface area contributed by atoms with Gasteiger partial charge in [0.25, 0.3) is 0 Å². The van der Waals surface area contributed by atoms with Gasteiger partial charge in [-0.3, -0.25) is 0 Å². The van der Waals surface area contributed by atoms with Gasteiger partial charge < -0.3 is 4.74 Å². The van der Waals surface area contributed by atoms with Crippen LogP contribution in [0.25, 0.3) is 0 Å². The van der Waals surface area contributed by atoms with Crippen LogP contribution in [0.2, 0.25) is 0 Å². The SMILES string of the molecule is CO[C@@H]1C[C@H]2[C@@H]3CCC(C)[C@@]3(C)CC[C@@H]2[C@@]2(C)CC[C@@H]3C[C@]312. The van der Waals surface area contributed by atoms with Gasteiger partial charge >= 0.3 is 0 Å². The van der Waals surface area contributed by atoms with Gasteiger partial charge in [-0.15, -0.1) is 0 Å². The van der Waals surface area contributed by atoms with Gasteiger partial charge in [-0.2, -0.15) is 0 Å². The molecule has 5 aliphatic carbocycles. The second-order valence-electron chi connectivity index (χ2n) is 10.3. The molecule has 5 saturated carbocycles. The van der Waals surface area contributed by atoms with Crippen LogP contribution in [0.15, 0.2) is 0 Å². The van der Waals surface area contributed by atoms with E-state index in [4.69, 9.17) is 4.74 Å². The van der Waals surface area contributed by atoms with Crippen molar-refractivity contribution in [3.63, 3.8) is 0 Å². The number of hydrogen-bond acceptors (Lipinski definition) is 1. The minimum absolute atomic E-state index is 0.574. The molecule has 22 heavy (non-hydrogen) atoms. The molecule has 9 atom stereocenters. The smallest absolute Gasteiger partial charge is 0.0638 e. The van der Waals surface area contributed by atoms with E-state index >= 15 is 0 Å². The van der Waals surface area contributed by atoms with E-state index in [-0.39, 0.29) is 0 Å². The van der Waals surface area contributed by atoms with E-state index in [1.165, 1.54) is 51.4 Å². The highest BCUT2D eigenvalue weighted by Gasteiger charge is 2.77. The van der Waals surface area contributed by atoms with E-state index in [9.17, 15) is 0 Å². The van der Waals surface area contributed by atoms with Crippen LogP contribution in [0, 0.1) is 45.8 Å². The van der Waals surface area contributed by atoms with Crippen LogP contribution in [-0.4, -0.2) is 13.2 Å². The molecule has 0 aromatic heterocycles. The summed E-state index contributed by atoms with van der Waals surface area (Å²) < 4.78 is 6.17. The lowest BCUT2D eigenvalue weighted by Crippen LogP contribution is -2.56. The Morgan fingerprint density at radius 1 is 0.955 bits per heavy atom. The van der Waals surface area contributed by atoms with Crippen molar-refractivity contribution in [2.24, 2.45) is 45.8 Å². The van der Waals surface area contributed by atoms with Gasteiger partial charge in [-0.05, 0) is 91.8 Å². The van der Waals surface area contributed by atoms with Gasteiger partial charge in [0.1, 0.15) is 0 Å². The molecule has 0 aromatic rings. The quantitative estimate of drug-likeness (QED) is 0.639. The number of methoxy groups -OCH3 is 1. The molecule has 0 aliphatic heterocycles. The maximum atomic E-state index is 6.17. The molecule has 0 aromatic carbocycles. The third-order valence-electron chi connectivity index (χ3n) is 10.3. The van der Waals surface area contributed by atoms with Crippen molar-refractivity contribution in [3.05, 3.63) is 0 Å². The first-order valence-corrected chi connectivity index (χ1v) is 10.00. The van der Waals surface area contributed by atoms with Gasteiger partial charge in [0.2, 0.25) is 0 Å². The lowest BCUT2D eigenvalue weighted by molar-refractivity contribution is -0.158. The Labute approximate surface area is 136 Å². The average molecular weight is 303 g/mol. The van der Waals surface area contributed by atoms with Crippen LogP contribution in [0.4, 0.5) is 0 Å². The minimum atomic E-state index is 0.574. The molecule has 124 valence electrons. The summed E-state index contributed by atoms with van der Waals surface area (Å²) in [4.78, 5) is 0. The van der Waals surface area contributed by atoms with Gasteiger partial charge in [0.05, 0.1) is 6.10 Å². The van der Waals surface area contributed by atoms with Crippen molar-refractivity contribution >= 4 is 0 Å². The summed E-state index contributed by atoms with van der Waals surface area (Å²) in [6.45, 7) is 7.85. The van der Waals surface area contributed by atoms with E-state index in [1.807, 2.05) is 7.11 Å². The first-order chi connectivity index (χ1) is 10.5. The fraction of sp³-hybridized carbons (Fsp3) is 1.00. The summed E-state index contributed by atoms with van der Waals surface area (Å²) in [5.74, 6) is 4.92. The van der Waals surface area contributed by atoms with Crippen molar-refractivity contribution in [2.45, 2.75) is 78.2 Å². The van der Waals surface area contributed by atoms with Crippen LogP contribution in [0.5, 0.6) is 0 Å². The third-order valence-corrected chi connectivity index (χ3v) is 10.3. The Kier molecular flexibility index (Phi) is 2.69. The summed E-state index contributed by atoms with van der Waals surface area (Å²) in [6.07, 6.45) is 12.5. The molecule has 1 nitrogen and oxygen atoms in total. The molecule has 1 heteroatoms. The van der Waals surface area contributed by atoms with E-state index in [0.29, 0.717) is 22.3 Å². The number of ether oxygens (including phenoxy) is 1. The monoisotopic (exact) mass is 302 g/mol. The molecule has 0 saturated heterocycles. The molecular formula is C21H34O. The van der Waals surface area contributed by atoms with Gasteiger partial charge in [0.15, 0.2) is 0 Å². The Bertz CT molecular complexity index is 500. The van der Waals surface area contributed by atoms with E-state index < -0.39 is 0 Å². The lowest BCUT2D eigenvalue weighted by Gasteiger charge is -2.60. The minimum Gasteiger partial charge on any atom is -0.381 e. The van der Waals surface area contributed by atoms with Gasteiger partial charge in [-0.1, -0.05) is 20.8 Å². The predicted octanol–water partition coefficient (Wildman–Crippen LogP) is 5.29. The summed E-state index contributed by atoms with van der Waals surface area (Å²) in [5.41, 5.74) is 1.84. The van der Waals surface area contributed by atoms with Gasteiger partial charge in [-0.25, -0.2) is 0 Å². The van der Waals surface area contributed by atoms with Gasteiger partial charge in [0, 0.05) is 12.5 Å². The average Bonchev–Trinajstić information content (AvgIpc) is 3.05. The van der Waals surface area contributed by atoms with E-state index in [2.05, 4.69) is 20.8 Å². The number of rotatable bonds is 1. The molecule has 0 heterocycles. The highest BCUT2D eigenvalue weighted by atomic mass is 16.5. The summed E-state index contributed by atoms with van der Waals surface area (Å²) in [5, 5.41) is 0. The maximum Gasteiger partial charge on any atom is 0.0638 e. The van der Waals surface area contributed by atoms with Crippen LogP contribution in [0.3, 0.4) is 0 Å². The zero-order chi connectivity index (χ0) is 15.3. The maximum absolute atomic E-state index is 6.17. The van der Waals surface area contributed by atoms with Crippen molar-refractivity contribution in [3.8, 4) is 0 Å². The largest absolute Gasteiger partial charge is 0.381 e. The zero-order valence-corrected chi connectivity index (χ0v) is 15.0. The molecular weight excluding hydrogens is 268 g/mol. The molecule has 0 N–H and O–H groups in total. The molecule has 1 unspecified atom stereocenters. The van der Waals surface area contributed by atoms with Crippen molar-refractivity contribution < 1.29 is 4.74 Å². The molecule has 0 bridgehead atoms. The lowest BCUT2D eigenvalue weighted by atomic mass is 9.45. The first-order valence-electron chi connectivity index (χ1n) is 10.00. The van der Waals surface area contributed by atoms with Crippen molar-refractivity contribution in [1.82, 2.24) is 0 Å². The normalized spacial score (nSPS) is 65.5. The highest BCUT2D eigenvalue weighted by molar-refractivity contribution is 5.25. The Morgan fingerprint density at radius 2 is 1.77 bits per heavy atom.